The minimum Gasteiger partial charge on any atom is -0.870 e. The molecular weight excluding hydrogens is 405 g/mol. The van der Waals surface area contributed by atoms with Gasteiger partial charge in [-0.15, -0.1) is 0 Å². The molecule has 1 aliphatic carbocycles. The zero-order chi connectivity index (χ0) is 16.5. The van der Waals surface area contributed by atoms with Crippen LogP contribution >= 0.6 is 0 Å². The zero-order valence-electron chi connectivity index (χ0n) is 15.1. The van der Waals surface area contributed by atoms with Crippen molar-refractivity contribution in [3.05, 3.63) is 29.8 Å². The molecule has 1 aromatic rings. The molecule has 0 aromatic heterocycles. The third-order valence-corrected chi connectivity index (χ3v) is 6.82. The smallest absolute Gasteiger partial charge is 0.870 e. The van der Waals surface area contributed by atoms with E-state index in [9.17, 15) is 30.5 Å². The van der Waals surface area contributed by atoms with E-state index in [4.69, 9.17) is 0 Å². The Morgan fingerprint density at radius 2 is 1.41 bits per heavy atom. The van der Waals surface area contributed by atoms with E-state index in [0.29, 0.717) is 5.56 Å². The first-order chi connectivity index (χ1) is 10.2. The van der Waals surface area contributed by atoms with Crippen LogP contribution in [0.3, 0.4) is 0 Å². The predicted molar refractivity (Wildman–Crippen MR) is 80.3 cm³/mol. The summed E-state index contributed by atoms with van der Waals surface area (Å²) in [5, 5.41) is -2.17. The molecule has 1 aromatic carbocycles. The largest absolute Gasteiger partial charge is 1.00 e. The summed E-state index contributed by atoms with van der Waals surface area (Å²) in [7, 11) is -4.52. The molecule has 0 aliphatic heterocycles. The Bertz CT molecular complexity index is 700. The zero-order valence-corrected chi connectivity index (χ0v) is 17.6. The Hall–Kier alpha value is 1.06. The molecule has 1 aliphatic rings. The molecule has 2 N–H and O–H groups in total. The van der Waals surface area contributed by atoms with Gasteiger partial charge >= 0.3 is 56.6 Å². The van der Waals surface area contributed by atoms with Crippen molar-refractivity contribution in [1.29, 1.82) is 0 Å². The summed E-state index contributed by atoms with van der Waals surface area (Å²) in [6, 6.07) is 5.75. The molecule has 0 saturated heterocycles. The van der Waals surface area contributed by atoms with E-state index in [0.717, 1.165) is 0 Å². The fraction of sp³-hybridized carbons (Fsp3) is 0.500. The summed E-state index contributed by atoms with van der Waals surface area (Å²) >= 11 is -4.90. The second-order valence-electron chi connectivity index (χ2n) is 5.14. The summed E-state index contributed by atoms with van der Waals surface area (Å²) in [4.78, 5) is 0.0827. The average Bonchev–Trinajstić information content (AvgIpc) is 2.45. The molecule has 0 radical (unpaired) electrons. The van der Waals surface area contributed by atoms with Crippen molar-refractivity contribution in [3.63, 3.8) is 0 Å². The molecule has 9 nitrogen and oxygen atoms in total. The van der Waals surface area contributed by atoms with E-state index in [-0.39, 0.29) is 91.7 Å². The van der Waals surface area contributed by atoms with Gasteiger partial charge in [0, 0.05) is 10.1 Å². The van der Waals surface area contributed by atoms with Crippen LogP contribution in [0.5, 0.6) is 0 Å². The van der Waals surface area contributed by atoms with Crippen LogP contribution in [-0.4, -0.2) is 51.9 Å². The summed E-state index contributed by atoms with van der Waals surface area (Å²) in [5.41, 5.74) is 0.616. The Kier molecular flexibility index (Phi) is 19.7. The Balaban J connectivity index is -0.000000529. The van der Waals surface area contributed by atoms with Gasteiger partial charge in [-0.2, -0.15) is 0 Å². The minimum atomic E-state index is -4.52. The molecule has 140 valence electrons. The van der Waals surface area contributed by atoms with E-state index in [1.165, 1.54) is 24.3 Å². The summed E-state index contributed by atoms with van der Waals surface area (Å²) in [6.45, 7) is 0. The number of hydrogen-bond acceptors (Lipinski definition) is 9. The second kappa shape index (κ2) is 15.0. The van der Waals surface area contributed by atoms with Gasteiger partial charge in [0.15, 0.2) is 0 Å². The monoisotopic (exact) mass is 420 g/mol. The fourth-order valence-corrected chi connectivity index (χ4v) is 5.07. The molecule has 15 heteroatoms. The van der Waals surface area contributed by atoms with Gasteiger partial charge in [-0.05, 0) is 54.0 Å². The molecular formula is C12H15Li3O9S3-2. The van der Waals surface area contributed by atoms with Crippen LogP contribution in [0, 0.1) is 0 Å². The molecule has 1 fully saturated rings. The number of hydrogen-bond donors (Lipinski definition) is 0. The Morgan fingerprint density at radius 3 is 1.78 bits per heavy atom. The summed E-state index contributed by atoms with van der Waals surface area (Å²) < 4.78 is 77.7. The molecule has 0 bridgehead atoms. The van der Waals surface area contributed by atoms with Gasteiger partial charge in [0.05, 0.1) is 15.4 Å². The van der Waals surface area contributed by atoms with Gasteiger partial charge in [-0.1, -0.05) is 23.2 Å². The van der Waals surface area contributed by atoms with Gasteiger partial charge < -0.3 is 24.6 Å². The van der Waals surface area contributed by atoms with Crippen molar-refractivity contribution in [2.24, 2.45) is 0 Å². The predicted octanol–water partition coefficient (Wildman–Crippen LogP) is -8.99. The first kappa shape index (κ1) is 35.5. The molecule has 1 saturated carbocycles. The number of rotatable bonds is 4. The SMILES string of the molecule is O=S([O-])c1ccc(C2CCC(S(=O)(=O)[O-])CC2S(=O)[O-])cc1.[Li+].[Li+].[Li+].[OH-].[OH-]. The second-order valence-corrected chi connectivity index (χ2v) is 8.86. The van der Waals surface area contributed by atoms with Crippen molar-refractivity contribution < 1.29 is 98.0 Å². The fourth-order valence-electron chi connectivity index (χ4n) is 2.77. The van der Waals surface area contributed by atoms with Gasteiger partial charge in [0.25, 0.3) is 0 Å². The van der Waals surface area contributed by atoms with E-state index in [1.807, 2.05) is 0 Å². The molecule has 27 heavy (non-hydrogen) atoms. The van der Waals surface area contributed by atoms with Crippen molar-refractivity contribution in [2.75, 3.05) is 0 Å². The van der Waals surface area contributed by atoms with Gasteiger partial charge in [-0.3, -0.25) is 8.42 Å². The van der Waals surface area contributed by atoms with Gasteiger partial charge in [0.2, 0.25) is 0 Å². The quantitative estimate of drug-likeness (QED) is 0.258. The Morgan fingerprint density at radius 1 is 0.926 bits per heavy atom. The van der Waals surface area contributed by atoms with Crippen LogP contribution < -0.4 is 56.6 Å². The maximum Gasteiger partial charge on any atom is 1.00 e. The van der Waals surface area contributed by atoms with E-state index in [1.54, 1.807) is 0 Å². The molecule has 0 heterocycles. The summed E-state index contributed by atoms with van der Waals surface area (Å²) in [5.74, 6) is -0.453. The standard InChI is InChI=1S/C12H16O7S3.3Li.2H2O/c13-20(14)9-3-1-8(2-4-9)11-6-5-10(22(17,18)19)7-12(11)21(15)16;;;;;/h1-4,10-12H,5-7H2,(H,13,14)(H,15,16)(H,17,18,19);;;;2*1H2/q;3*+1;;/p-5. The summed E-state index contributed by atoms with van der Waals surface area (Å²) in [6.07, 6.45) is 0.103. The van der Waals surface area contributed by atoms with E-state index in [2.05, 4.69) is 0 Å². The molecule has 0 amide bonds. The van der Waals surface area contributed by atoms with E-state index >= 15 is 0 Å². The van der Waals surface area contributed by atoms with Crippen LogP contribution in [0.2, 0.25) is 0 Å². The third kappa shape index (κ3) is 9.61. The normalized spacial score (nSPS) is 23.6. The molecule has 0 spiro atoms. The van der Waals surface area contributed by atoms with Crippen LogP contribution in [0.1, 0.15) is 30.7 Å². The van der Waals surface area contributed by atoms with Crippen molar-refractivity contribution in [3.8, 4) is 0 Å². The van der Waals surface area contributed by atoms with Crippen LogP contribution in [-0.2, 0) is 32.3 Å². The van der Waals surface area contributed by atoms with Gasteiger partial charge in [-0.25, -0.2) is 8.42 Å². The van der Waals surface area contributed by atoms with Crippen LogP contribution in [0.25, 0.3) is 0 Å². The van der Waals surface area contributed by atoms with Crippen LogP contribution in [0.15, 0.2) is 29.2 Å². The average molecular weight is 420 g/mol. The topological polar surface area (TPSA) is 197 Å². The number of benzene rings is 1. The van der Waals surface area contributed by atoms with E-state index < -0.39 is 48.7 Å². The van der Waals surface area contributed by atoms with Crippen LogP contribution in [0.4, 0.5) is 0 Å². The Labute approximate surface area is 199 Å². The van der Waals surface area contributed by atoms with Crippen molar-refractivity contribution in [2.45, 2.75) is 40.6 Å². The van der Waals surface area contributed by atoms with Crippen molar-refractivity contribution in [1.82, 2.24) is 0 Å². The molecule has 5 atom stereocenters. The molecule has 2 rings (SSSR count). The maximum atomic E-state index is 11.4. The third-order valence-electron chi connectivity index (χ3n) is 3.90. The first-order valence-electron chi connectivity index (χ1n) is 6.42. The first-order valence-corrected chi connectivity index (χ1v) is 10.1. The maximum absolute atomic E-state index is 11.4. The minimum absolute atomic E-state index is 0. The molecule has 5 unspecified atom stereocenters. The van der Waals surface area contributed by atoms with Crippen molar-refractivity contribution >= 4 is 32.3 Å². The van der Waals surface area contributed by atoms with Gasteiger partial charge in [0.1, 0.15) is 0 Å².